The summed E-state index contributed by atoms with van der Waals surface area (Å²) < 4.78 is 10.9. The lowest BCUT2D eigenvalue weighted by Gasteiger charge is -2.36. The third-order valence-corrected chi connectivity index (χ3v) is 4.56. The zero-order valence-electron chi connectivity index (χ0n) is 15.5. The highest BCUT2D eigenvalue weighted by Gasteiger charge is 2.23. The lowest BCUT2D eigenvalue weighted by molar-refractivity contribution is 0.0746. The zero-order chi connectivity index (χ0) is 18.4. The van der Waals surface area contributed by atoms with Gasteiger partial charge in [0.1, 0.15) is 5.75 Å². The number of benzene rings is 2. The van der Waals surface area contributed by atoms with Crippen molar-refractivity contribution in [1.82, 2.24) is 4.90 Å². The number of hydrogen-bond acceptors (Lipinski definition) is 4. The molecule has 1 aliphatic rings. The highest BCUT2D eigenvalue weighted by Crippen LogP contribution is 2.29. The molecule has 0 bridgehead atoms. The molecule has 1 fully saturated rings. The van der Waals surface area contributed by atoms with Gasteiger partial charge in [0.15, 0.2) is 0 Å². The van der Waals surface area contributed by atoms with E-state index >= 15 is 0 Å². The zero-order valence-corrected chi connectivity index (χ0v) is 15.5. The topological polar surface area (TPSA) is 42.0 Å². The van der Waals surface area contributed by atoms with Crippen LogP contribution >= 0.6 is 0 Å². The Balaban J connectivity index is 1.65. The first kappa shape index (κ1) is 18.3. The number of hydrogen-bond donors (Lipinski definition) is 0. The van der Waals surface area contributed by atoms with Crippen LogP contribution in [0.2, 0.25) is 0 Å². The largest absolute Gasteiger partial charge is 0.492 e. The van der Waals surface area contributed by atoms with Gasteiger partial charge in [-0.3, -0.25) is 4.79 Å². The summed E-state index contributed by atoms with van der Waals surface area (Å²) in [6, 6.07) is 15.8. The second-order valence-electron chi connectivity index (χ2n) is 6.31. The van der Waals surface area contributed by atoms with E-state index in [4.69, 9.17) is 9.47 Å². The van der Waals surface area contributed by atoms with Gasteiger partial charge in [0.05, 0.1) is 18.9 Å². The molecule has 1 amide bonds. The molecule has 2 aromatic carbocycles. The van der Waals surface area contributed by atoms with Crippen molar-refractivity contribution in [3.05, 3.63) is 59.7 Å². The van der Waals surface area contributed by atoms with Crippen molar-refractivity contribution in [2.45, 2.75) is 13.5 Å². The Morgan fingerprint density at radius 1 is 1.04 bits per heavy atom. The minimum atomic E-state index is 0.0840. The quantitative estimate of drug-likeness (QED) is 0.799. The number of nitrogens with zero attached hydrogens (tertiary/aromatic N) is 2. The van der Waals surface area contributed by atoms with Crippen molar-refractivity contribution in [3.63, 3.8) is 0 Å². The summed E-state index contributed by atoms with van der Waals surface area (Å²) in [6.45, 7) is 6.16. The maximum absolute atomic E-state index is 12.8. The number of piperazine rings is 1. The minimum Gasteiger partial charge on any atom is -0.492 e. The Morgan fingerprint density at radius 3 is 2.54 bits per heavy atom. The molecule has 138 valence electrons. The molecule has 0 aromatic heterocycles. The number of methoxy groups -OCH3 is 1. The van der Waals surface area contributed by atoms with Crippen LogP contribution in [-0.4, -0.2) is 50.7 Å². The van der Waals surface area contributed by atoms with Gasteiger partial charge in [-0.1, -0.05) is 24.3 Å². The lowest BCUT2D eigenvalue weighted by atomic mass is 10.1. The number of rotatable bonds is 6. The van der Waals surface area contributed by atoms with Crippen molar-refractivity contribution >= 4 is 11.6 Å². The van der Waals surface area contributed by atoms with Crippen molar-refractivity contribution in [2.24, 2.45) is 0 Å². The summed E-state index contributed by atoms with van der Waals surface area (Å²) in [5, 5.41) is 0. The fraction of sp³-hybridized carbons (Fsp3) is 0.381. The summed E-state index contributed by atoms with van der Waals surface area (Å²) in [6.07, 6.45) is 0. The molecule has 0 aliphatic carbocycles. The summed E-state index contributed by atoms with van der Waals surface area (Å²) in [5.74, 6) is 0.989. The van der Waals surface area contributed by atoms with E-state index in [-0.39, 0.29) is 5.91 Å². The predicted molar refractivity (Wildman–Crippen MR) is 103 cm³/mol. The highest BCUT2D eigenvalue weighted by molar-refractivity contribution is 5.94. The Hall–Kier alpha value is -2.53. The van der Waals surface area contributed by atoms with E-state index in [1.54, 1.807) is 7.11 Å². The van der Waals surface area contributed by atoms with Crippen molar-refractivity contribution < 1.29 is 14.3 Å². The summed E-state index contributed by atoms with van der Waals surface area (Å²) >= 11 is 0. The molecule has 0 unspecified atom stereocenters. The Morgan fingerprint density at radius 2 is 1.81 bits per heavy atom. The first-order valence-corrected chi connectivity index (χ1v) is 9.07. The van der Waals surface area contributed by atoms with Crippen LogP contribution < -0.4 is 9.64 Å². The van der Waals surface area contributed by atoms with E-state index in [0.717, 1.165) is 35.7 Å². The van der Waals surface area contributed by atoms with E-state index in [0.29, 0.717) is 26.3 Å². The van der Waals surface area contributed by atoms with Gasteiger partial charge in [-0.25, -0.2) is 0 Å². The van der Waals surface area contributed by atoms with Gasteiger partial charge >= 0.3 is 0 Å². The molecule has 1 heterocycles. The third-order valence-electron chi connectivity index (χ3n) is 4.56. The molecule has 1 aliphatic heterocycles. The normalized spacial score (nSPS) is 14.4. The molecule has 2 aromatic rings. The fourth-order valence-corrected chi connectivity index (χ4v) is 3.29. The Labute approximate surface area is 155 Å². The number of amides is 1. The molecular weight excluding hydrogens is 328 g/mol. The summed E-state index contributed by atoms with van der Waals surface area (Å²) in [7, 11) is 1.66. The molecule has 0 saturated carbocycles. The maximum Gasteiger partial charge on any atom is 0.253 e. The van der Waals surface area contributed by atoms with Crippen LogP contribution in [0.15, 0.2) is 48.5 Å². The van der Waals surface area contributed by atoms with Gasteiger partial charge in [-0.15, -0.1) is 0 Å². The monoisotopic (exact) mass is 354 g/mol. The van der Waals surface area contributed by atoms with Crippen LogP contribution in [0.4, 0.5) is 5.69 Å². The number of ether oxygens (including phenoxy) is 2. The van der Waals surface area contributed by atoms with Crippen LogP contribution in [-0.2, 0) is 11.3 Å². The van der Waals surface area contributed by atoms with Crippen molar-refractivity contribution in [1.29, 1.82) is 0 Å². The number of carbonyl (C=O) groups excluding carboxylic acids is 1. The molecule has 0 radical (unpaired) electrons. The first-order valence-electron chi connectivity index (χ1n) is 9.07. The second-order valence-corrected chi connectivity index (χ2v) is 6.31. The molecule has 26 heavy (non-hydrogen) atoms. The predicted octanol–water partition coefficient (Wildman–Crippen LogP) is 3.19. The Kier molecular flexibility index (Phi) is 6.12. The third kappa shape index (κ3) is 4.17. The Bertz CT molecular complexity index is 740. The molecule has 3 rings (SSSR count). The average molecular weight is 354 g/mol. The van der Waals surface area contributed by atoms with Crippen LogP contribution in [0.25, 0.3) is 0 Å². The van der Waals surface area contributed by atoms with Crippen LogP contribution in [0.3, 0.4) is 0 Å². The van der Waals surface area contributed by atoms with E-state index in [9.17, 15) is 4.79 Å². The second kappa shape index (κ2) is 8.72. The molecule has 0 spiro atoms. The molecule has 5 heteroatoms. The van der Waals surface area contributed by atoms with E-state index in [2.05, 4.69) is 11.0 Å². The lowest BCUT2D eigenvalue weighted by Crippen LogP contribution is -2.48. The van der Waals surface area contributed by atoms with Gasteiger partial charge in [-0.05, 0) is 36.8 Å². The van der Waals surface area contributed by atoms with Crippen molar-refractivity contribution in [3.8, 4) is 5.75 Å². The van der Waals surface area contributed by atoms with E-state index < -0.39 is 0 Å². The molecule has 5 nitrogen and oxygen atoms in total. The fourth-order valence-electron chi connectivity index (χ4n) is 3.29. The van der Waals surface area contributed by atoms with Gasteiger partial charge in [0.2, 0.25) is 0 Å². The van der Waals surface area contributed by atoms with Gasteiger partial charge < -0.3 is 19.3 Å². The van der Waals surface area contributed by atoms with Crippen LogP contribution in [0, 0.1) is 0 Å². The first-order chi connectivity index (χ1) is 12.7. The molecular formula is C21H26N2O3. The summed E-state index contributed by atoms with van der Waals surface area (Å²) in [5.41, 5.74) is 2.84. The minimum absolute atomic E-state index is 0.0840. The average Bonchev–Trinajstić information content (AvgIpc) is 2.69. The van der Waals surface area contributed by atoms with Crippen molar-refractivity contribution in [2.75, 3.05) is 44.8 Å². The maximum atomic E-state index is 12.8. The van der Waals surface area contributed by atoms with Gasteiger partial charge in [0.25, 0.3) is 5.91 Å². The van der Waals surface area contributed by atoms with Gasteiger partial charge in [0, 0.05) is 38.9 Å². The van der Waals surface area contributed by atoms with Gasteiger partial charge in [-0.2, -0.15) is 0 Å². The molecule has 0 N–H and O–H groups in total. The van der Waals surface area contributed by atoms with Crippen LogP contribution in [0.5, 0.6) is 5.75 Å². The highest BCUT2D eigenvalue weighted by atomic mass is 16.5. The van der Waals surface area contributed by atoms with E-state index in [1.165, 1.54) is 0 Å². The molecule has 1 saturated heterocycles. The SMILES string of the molecule is CCOc1ccccc1N1CCN(C(=O)c2cccc(COC)c2)CC1. The van der Waals surface area contributed by atoms with E-state index in [1.807, 2.05) is 54.3 Å². The standard InChI is InChI=1S/C21H26N2O3/c1-3-26-20-10-5-4-9-19(20)22-11-13-23(14-12-22)21(24)18-8-6-7-17(15-18)16-25-2/h4-10,15H,3,11-14,16H2,1-2H3. The number of carbonyl (C=O) groups is 1. The van der Waals surface area contributed by atoms with Crippen LogP contribution in [0.1, 0.15) is 22.8 Å². The number of para-hydroxylation sites is 2. The summed E-state index contributed by atoms with van der Waals surface area (Å²) in [4.78, 5) is 17.0. The molecule has 0 atom stereocenters. The number of anilines is 1. The smallest absolute Gasteiger partial charge is 0.253 e.